The van der Waals surface area contributed by atoms with Crippen LogP contribution < -0.4 is 5.32 Å². The van der Waals surface area contributed by atoms with E-state index in [9.17, 15) is 14.7 Å². The van der Waals surface area contributed by atoms with Crippen LogP contribution in [0.2, 0.25) is 5.02 Å². The third kappa shape index (κ3) is 4.17. The molecule has 1 atom stereocenters. The van der Waals surface area contributed by atoms with E-state index >= 15 is 0 Å². The van der Waals surface area contributed by atoms with Gasteiger partial charge < -0.3 is 14.3 Å². The molecule has 188 valence electrons. The van der Waals surface area contributed by atoms with Crippen molar-refractivity contribution in [2.75, 3.05) is 5.32 Å². The van der Waals surface area contributed by atoms with Crippen LogP contribution in [0.4, 0.5) is 10.5 Å². The Labute approximate surface area is 222 Å². The third-order valence-corrected chi connectivity index (χ3v) is 7.04. The topological polar surface area (TPSA) is 113 Å². The monoisotopic (exact) mass is 525 g/mol. The standard InChI is InChI=1S/C29H20ClN3O5/c1-16(19-6-2-4-8-21(19)30)37-28(36)33-25-20-7-3-5-9-22(20)38-23(25)11-10-18-14-17-15-24(32-26(17)31-18)29(12-13-29)27(34)35/h2-9,14-16H,12-13H2,1H3,(H,33,36)(H,34,35). The van der Waals surface area contributed by atoms with E-state index in [4.69, 9.17) is 20.8 Å². The zero-order valence-electron chi connectivity index (χ0n) is 20.1. The van der Waals surface area contributed by atoms with Crippen LogP contribution in [0.15, 0.2) is 86.4 Å². The summed E-state index contributed by atoms with van der Waals surface area (Å²) in [5, 5.41) is 13.5. The third-order valence-electron chi connectivity index (χ3n) is 6.70. The summed E-state index contributed by atoms with van der Waals surface area (Å²) in [5.41, 5.74) is 2.47. The fraction of sp³-hybridized carbons (Fsp3) is 0.172. The number of anilines is 1. The minimum atomic E-state index is -0.883. The Bertz CT molecular complexity index is 1710. The van der Waals surface area contributed by atoms with Gasteiger partial charge in [0.15, 0.2) is 5.84 Å². The van der Waals surface area contributed by atoms with Crippen molar-refractivity contribution < 1.29 is 23.8 Å². The molecule has 3 aliphatic rings. The summed E-state index contributed by atoms with van der Waals surface area (Å²) in [6.07, 6.45) is 3.42. The lowest BCUT2D eigenvalue weighted by Crippen LogP contribution is -2.16. The number of carbonyl (C=O) groups is 2. The number of aliphatic carboxylic acids is 1. The van der Waals surface area contributed by atoms with Crippen molar-refractivity contribution in [1.82, 2.24) is 0 Å². The SMILES string of the molecule is CC(OC(=O)Nc1c(C#CC2=NC3=NC(C4(C(=O)O)CC4)=CC3=C2)oc2ccccc12)c1ccccc1Cl. The highest BCUT2D eigenvalue weighted by Crippen LogP contribution is 2.54. The Balaban J connectivity index is 1.23. The normalized spacial score (nSPS) is 17.3. The number of carboxylic acids is 1. The van der Waals surface area contributed by atoms with Gasteiger partial charge in [-0.15, -0.1) is 0 Å². The molecular formula is C29H20ClN3O5. The van der Waals surface area contributed by atoms with Crippen LogP contribution in [0.1, 0.15) is 37.2 Å². The molecule has 0 bridgehead atoms. The van der Waals surface area contributed by atoms with Crippen LogP contribution in [0.5, 0.6) is 0 Å². The molecule has 6 rings (SSSR count). The fourth-order valence-electron chi connectivity index (χ4n) is 4.46. The first-order valence-electron chi connectivity index (χ1n) is 11.9. The first kappa shape index (κ1) is 23.8. The summed E-state index contributed by atoms with van der Waals surface area (Å²) in [4.78, 5) is 33.3. The molecule has 1 fully saturated rings. The molecule has 8 nitrogen and oxygen atoms in total. The minimum absolute atomic E-state index is 0.243. The Kier molecular flexibility index (Phi) is 5.66. The predicted octanol–water partition coefficient (Wildman–Crippen LogP) is 6.29. The number of nitrogens with one attached hydrogen (secondary N) is 1. The predicted molar refractivity (Wildman–Crippen MR) is 143 cm³/mol. The van der Waals surface area contributed by atoms with Crippen LogP contribution in [0.3, 0.4) is 0 Å². The van der Waals surface area contributed by atoms with E-state index in [1.165, 1.54) is 0 Å². The zero-order chi connectivity index (χ0) is 26.4. The molecule has 1 saturated carbocycles. The second-order valence-electron chi connectivity index (χ2n) is 9.20. The molecule has 2 aliphatic heterocycles. The van der Waals surface area contributed by atoms with Crippen LogP contribution in [-0.2, 0) is 9.53 Å². The van der Waals surface area contributed by atoms with Gasteiger partial charge in [-0.2, -0.15) is 0 Å². The molecule has 3 heterocycles. The maximum atomic E-state index is 12.8. The van der Waals surface area contributed by atoms with E-state index in [2.05, 4.69) is 27.1 Å². The Morgan fingerprint density at radius 2 is 1.87 bits per heavy atom. The van der Waals surface area contributed by atoms with E-state index < -0.39 is 23.6 Å². The van der Waals surface area contributed by atoms with Crippen molar-refractivity contribution >= 4 is 51.9 Å². The lowest BCUT2D eigenvalue weighted by molar-refractivity contribution is -0.141. The van der Waals surface area contributed by atoms with Crippen LogP contribution in [0.25, 0.3) is 11.0 Å². The zero-order valence-corrected chi connectivity index (χ0v) is 20.9. The smallest absolute Gasteiger partial charge is 0.412 e. The average molecular weight is 526 g/mol. The van der Waals surface area contributed by atoms with Crippen molar-refractivity contribution in [2.24, 2.45) is 15.4 Å². The number of amides is 1. The van der Waals surface area contributed by atoms with Gasteiger partial charge in [-0.05, 0) is 62.0 Å². The number of nitrogens with zero attached hydrogens (tertiary/aromatic N) is 2. The molecule has 0 saturated heterocycles. The quantitative estimate of drug-likeness (QED) is 0.380. The Morgan fingerprint density at radius 3 is 2.61 bits per heavy atom. The Morgan fingerprint density at radius 1 is 1.11 bits per heavy atom. The number of halogens is 1. The number of furan rings is 1. The highest BCUT2D eigenvalue weighted by Gasteiger charge is 2.55. The molecule has 2 aromatic carbocycles. The fourth-order valence-corrected chi connectivity index (χ4v) is 4.75. The van der Waals surface area contributed by atoms with E-state index in [1.807, 2.05) is 24.3 Å². The summed E-state index contributed by atoms with van der Waals surface area (Å²) >= 11 is 6.24. The number of amidine groups is 1. The summed E-state index contributed by atoms with van der Waals surface area (Å²) in [5.74, 6) is 5.75. The minimum Gasteiger partial charge on any atom is -0.481 e. The van der Waals surface area contributed by atoms with E-state index in [-0.39, 0.29) is 5.76 Å². The number of rotatable bonds is 5. The van der Waals surface area contributed by atoms with Gasteiger partial charge in [0.05, 0.1) is 5.70 Å². The summed E-state index contributed by atoms with van der Waals surface area (Å²) < 4.78 is 11.5. The Hall–Kier alpha value is -4.61. The second kappa shape index (κ2) is 9.05. The number of benzene rings is 2. The van der Waals surface area contributed by atoms with Crippen molar-refractivity contribution in [3.8, 4) is 11.8 Å². The van der Waals surface area contributed by atoms with Gasteiger partial charge >= 0.3 is 12.1 Å². The molecule has 9 heteroatoms. The van der Waals surface area contributed by atoms with Crippen LogP contribution in [0, 0.1) is 17.3 Å². The van der Waals surface area contributed by atoms with Crippen LogP contribution >= 0.6 is 11.6 Å². The number of hydrogen-bond acceptors (Lipinski definition) is 6. The number of allylic oxidation sites excluding steroid dienone is 1. The maximum Gasteiger partial charge on any atom is 0.412 e. The lowest BCUT2D eigenvalue weighted by Gasteiger charge is -2.15. The highest BCUT2D eigenvalue weighted by molar-refractivity contribution is 6.31. The number of carbonyl (C=O) groups excluding carboxylic acids is 1. The molecule has 1 unspecified atom stereocenters. The number of fused-ring (bicyclic) bond motifs is 2. The molecule has 1 aromatic heterocycles. The summed E-state index contributed by atoms with van der Waals surface area (Å²) in [6.45, 7) is 1.74. The summed E-state index contributed by atoms with van der Waals surface area (Å²) in [7, 11) is 0. The first-order valence-corrected chi connectivity index (χ1v) is 12.3. The van der Waals surface area contributed by atoms with E-state index in [0.717, 1.165) is 5.57 Å². The van der Waals surface area contributed by atoms with E-state index in [0.29, 0.717) is 57.3 Å². The molecule has 1 aliphatic carbocycles. The van der Waals surface area contributed by atoms with Crippen molar-refractivity contribution in [3.63, 3.8) is 0 Å². The molecule has 2 N–H and O–H groups in total. The largest absolute Gasteiger partial charge is 0.481 e. The van der Waals surface area contributed by atoms with Gasteiger partial charge in [-0.25, -0.2) is 14.8 Å². The molecule has 38 heavy (non-hydrogen) atoms. The molecule has 3 aromatic rings. The van der Waals surface area contributed by atoms with E-state index in [1.54, 1.807) is 43.3 Å². The number of carboxylic acid groups (broad SMARTS) is 1. The van der Waals surface area contributed by atoms with Crippen molar-refractivity contribution in [2.45, 2.75) is 25.9 Å². The van der Waals surface area contributed by atoms with Gasteiger partial charge in [0.2, 0.25) is 5.76 Å². The lowest BCUT2D eigenvalue weighted by atomic mass is 10.0. The average Bonchev–Trinajstić information content (AvgIpc) is 3.32. The highest BCUT2D eigenvalue weighted by atomic mass is 35.5. The van der Waals surface area contributed by atoms with Gasteiger partial charge in [-0.3, -0.25) is 10.1 Å². The van der Waals surface area contributed by atoms with Gasteiger partial charge in [0.25, 0.3) is 0 Å². The number of aliphatic imine (C=N–C) groups is 2. The van der Waals surface area contributed by atoms with Crippen molar-refractivity contribution in [3.05, 3.63) is 88.3 Å². The van der Waals surface area contributed by atoms with Gasteiger partial charge in [0, 0.05) is 21.5 Å². The van der Waals surface area contributed by atoms with Gasteiger partial charge in [-0.1, -0.05) is 41.9 Å². The number of para-hydroxylation sites is 1. The number of hydrogen-bond donors (Lipinski definition) is 2. The maximum absolute atomic E-state index is 12.8. The molecule has 0 spiro atoms. The molecule has 0 radical (unpaired) electrons. The molecular weight excluding hydrogens is 506 g/mol. The second-order valence-corrected chi connectivity index (χ2v) is 9.60. The van der Waals surface area contributed by atoms with Gasteiger partial charge in [0.1, 0.15) is 28.5 Å². The van der Waals surface area contributed by atoms with Crippen molar-refractivity contribution in [1.29, 1.82) is 0 Å². The summed E-state index contributed by atoms with van der Waals surface area (Å²) in [6, 6.07) is 14.4. The van der Waals surface area contributed by atoms with Crippen LogP contribution in [-0.4, -0.2) is 28.7 Å². The first-order chi connectivity index (χ1) is 18.3. The number of ether oxygens (including phenoxy) is 1. The molecule has 1 amide bonds.